The van der Waals surface area contributed by atoms with Crippen LogP contribution < -0.4 is 10.1 Å². The highest BCUT2D eigenvalue weighted by molar-refractivity contribution is 7.22. The number of H-pyrrole nitrogens is 1. The topological polar surface area (TPSA) is 120 Å². The number of rotatable bonds is 7. The molecule has 2 aromatic heterocycles. The van der Waals surface area contributed by atoms with Gasteiger partial charge in [0.2, 0.25) is 0 Å². The number of amides is 1. The highest BCUT2D eigenvalue weighted by atomic mass is 35.5. The summed E-state index contributed by atoms with van der Waals surface area (Å²) in [5.41, 5.74) is 2.57. The SMILES string of the molecule is COC(=O)c1ccc(COc2cc(C(=O)OC)cc3sc(NC(=O)c4[nH]c(C)c(Cl)c4Cl)nc23)cc1. The van der Waals surface area contributed by atoms with Gasteiger partial charge in [-0.05, 0) is 36.8 Å². The Kier molecular flexibility index (Phi) is 7.48. The second kappa shape index (κ2) is 10.6. The third-order valence-corrected chi connectivity index (χ3v) is 7.02. The van der Waals surface area contributed by atoms with Gasteiger partial charge in [0.05, 0.1) is 40.1 Å². The molecule has 0 radical (unpaired) electrons. The van der Waals surface area contributed by atoms with Crippen LogP contribution in [0.1, 0.15) is 42.5 Å². The van der Waals surface area contributed by atoms with Crippen LogP contribution in [0.25, 0.3) is 10.2 Å². The van der Waals surface area contributed by atoms with Crippen molar-refractivity contribution < 1.29 is 28.6 Å². The average Bonchev–Trinajstić information content (AvgIpc) is 3.41. The summed E-state index contributed by atoms with van der Waals surface area (Å²) in [5.74, 6) is -1.19. The maximum absolute atomic E-state index is 12.7. The Morgan fingerprint density at radius 1 is 1.00 bits per heavy atom. The Morgan fingerprint density at radius 2 is 1.67 bits per heavy atom. The second-order valence-electron chi connectivity index (χ2n) is 7.52. The Hall–Kier alpha value is -3.60. The van der Waals surface area contributed by atoms with E-state index in [0.717, 1.165) is 16.9 Å². The van der Waals surface area contributed by atoms with Crippen molar-refractivity contribution in [2.24, 2.45) is 0 Å². The molecule has 1 amide bonds. The van der Waals surface area contributed by atoms with Crippen LogP contribution in [-0.4, -0.2) is 42.0 Å². The number of ether oxygens (including phenoxy) is 3. The van der Waals surface area contributed by atoms with Crippen LogP contribution in [0, 0.1) is 6.92 Å². The van der Waals surface area contributed by atoms with E-state index in [9.17, 15) is 14.4 Å². The Balaban J connectivity index is 1.62. The van der Waals surface area contributed by atoms with E-state index in [2.05, 4.69) is 15.3 Å². The number of carbonyl (C=O) groups excluding carboxylic acids is 3. The van der Waals surface area contributed by atoms with Crippen LogP contribution in [-0.2, 0) is 16.1 Å². The predicted octanol–water partition coefficient (Wildman–Crippen LogP) is 5.64. The van der Waals surface area contributed by atoms with Crippen LogP contribution in [0.5, 0.6) is 5.75 Å². The third-order valence-electron chi connectivity index (χ3n) is 5.15. The molecule has 12 heteroatoms. The molecule has 0 saturated heterocycles. The lowest BCUT2D eigenvalue weighted by molar-refractivity contribution is 0.0592. The Labute approximate surface area is 219 Å². The van der Waals surface area contributed by atoms with Gasteiger partial charge < -0.3 is 19.2 Å². The van der Waals surface area contributed by atoms with Gasteiger partial charge in [-0.25, -0.2) is 14.6 Å². The van der Waals surface area contributed by atoms with Crippen LogP contribution >= 0.6 is 34.5 Å². The number of benzene rings is 2. The average molecular weight is 548 g/mol. The van der Waals surface area contributed by atoms with Crippen molar-refractivity contribution >= 4 is 67.7 Å². The van der Waals surface area contributed by atoms with E-state index in [1.807, 2.05) is 0 Å². The van der Waals surface area contributed by atoms with E-state index in [-0.39, 0.29) is 33.0 Å². The molecule has 0 bridgehead atoms. The first kappa shape index (κ1) is 25.5. The molecule has 0 unspecified atom stereocenters. The lowest BCUT2D eigenvalue weighted by Gasteiger charge is -2.09. The highest BCUT2D eigenvalue weighted by Crippen LogP contribution is 2.36. The molecule has 186 valence electrons. The molecular weight excluding hydrogens is 529 g/mol. The summed E-state index contributed by atoms with van der Waals surface area (Å²) < 4.78 is 16.1. The van der Waals surface area contributed by atoms with Gasteiger partial charge in [0.25, 0.3) is 5.91 Å². The molecule has 2 heterocycles. The number of nitrogens with one attached hydrogen (secondary N) is 2. The number of methoxy groups -OCH3 is 2. The first-order valence-electron chi connectivity index (χ1n) is 10.4. The standard InChI is InChI=1S/C24H19Cl2N3O6S/c1-11-17(25)18(26)20(27-11)21(30)29-24-28-19-15(8-14(23(32)34-3)9-16(19)36-24)35-10-12-4-6-13(7-5-12)22(31)33-2/h4-9,27H,10H2,1-3H3,(H,28,29,30). The van der Waals surface area contributed by atoms with Crippen LogP contribution in [0.4, 0.5) is 5.13 Å². The largest absolute Gasteiger partial charge is 0.487 e. The number of nitrogens with zero attached hydrogens (tertiary/aromatic N) is 1. The summed E-state index contributed by atoms with van der Waals surface area (Å²) in [7, 11) is 2.59. The number of hydrogen-bond donors (Lipinski definition) is 2. The minimum atomic E-state index is -0.550. The molecule has 4 aromatic rings. The molecule has 0 atom stereocenters. The fourth-order valence-corrected chi connectivity index (χ4v) is 4.64. The van der Waals surface area contributed by atoms with Gasteiger partial charge in [-0.1, -0.05) is 46.7 Å². The molecule has 0 aliphatic heterocycles. The third kappa shape index (κ3) is 5.15. The first-order valence-corrected chi connectivity index (χ1v) is 12.0. The van der Waals surface area contributed by atoms with E-state index in [4.69, 9.17) is 37.4 Å². The predicted molar refractivity (Wildman–Crippen MR) is 137 cm³/mol. The minimum absolute atomic E-state index is 0.112. The van der Waals surface area contributed by atoms with E-state index in [1.54, 1.807) is 37.3 Å². The zero-order chi connectivity index (χ0) is 26.0. The van der Waals surface area contributed by atoms with Gasteiger partial charge in [-0.3, -0.25) is 10.1 Å². The second-order valence-corrected chi connectivity index (χ2v) is 9.30. The summed E-state index contributed by atoms with van der Waals surface area (Å²) in [6, 6.07) is 9.84. The van der Waals surface area contributed by atoms with Crippen LogP contribution in [0.15, 0.2) is 36.4 Å². The fraction of sp³-hybridized carbons (Fsp3) is 0.167. The Morgan fingerprint density at radius 3 is 2.28 bits per heavy atom. The van der Waals surface area contributed by atoms with Gasteiger partial charge in [0.1, 0.15) is 23.6 Å². The molecule has 4 rings (SSSR count). The van der Waals surface area contributed by atoms with E-state index in [0.29, 0.717) is 27.2 Å². The molecule has 0 aliphatic carbocycles. The van der Waals surface area contributed by atoms with Crippen molar-refractivity contribution in [3.63, 3.8) is 0 Å². The Bertz CT molecular complexity index is 1480. The number of hydrogen-bond acceptors (Lipinski definition) is 8. The van der Waals surface area contributed by atoms with Crippen molar-refractivity contribution in [3.8, 4) is 5.75 Å². The molecule has 0 saturated carbocycles. The summed E-state index contributed by atoms with van der Waals surface area (Å²) in [4.78, 5) is 43.9. The molecule has 9 nitrogen and oxygen atoms in total. The highest BCUT2D eigenvalue weighted by Gasteiger charge is 2.21. The minimum Gasteiger partial charge on any atom is -0.487 e. The summed E-state index contributed by atoms with van der Waals surface area (Å²) in [6.45, 7) is 1.83. The molecule has 0 aliphatic rings. The summed E-state index contributed by atoms with van der Waals surface area (Å²) >= 11 is 13.4. The van der Waals surface area contributed by atoms with Gasteiger partial charge in [-0.2, -0.15) is 0 Å². The number of halogens is 2. The summed E-state index contributed by atoms with van der Waals surface area (Å²) in [5, 5.41) is 3.34. The number of aryl methyl sites for hydroxylation is 1. The van der Waals surface area contributed by atoms with Crippen molar-refractivity contribution in [1.29, 1.82) is 0 Å². The van der Waals surface area contributed by atoms with Crippen molar-refractivity contribution in [2.45, 2.75) is 13.5 Å². The van der Waals surface area contributed by atoms with Gasteiger partial charge >= 0.3 is 11.9 Å². The van der Waals surface area contributed by atoms with Crippen molar-refractivity contribution in [2.75, 3.05) is 19.5 Å². The van der Waals surface area contributed by atoms with Gasteiger partial charge in [0, 0.05) is 5.69 Å². The number of carbonyl (C=O) groups is 3. The van der Waals surface area contributed by atoms with Crippen molar-refractivity contribution in [1.82, 2.24) is 9.97 Å². The molecule has 0 spiro atoms. The number of esters is 2. The van der Waals surface area contributed by atoms with Gasteiger partial charge in [0.15, 0.2) is 5.13 Å². The van der Waals surface area contributed by atoms with E-state index < -0.39 is 17.8 Å². The normalized spacial score (nSPS) is 10.8. The number of thiazole rings is 1. The lowest BCUT2D eigenvalue weighted by Crippen LogP contribution is -2.12. The number of fused-ring (bicyclic) bond motifs is 1. The molecule has 36 heavy (non-hydrogen) atoms. The fourth-order valence-electron chi connectivity index (χ4n) is 3.30. The maximum atomic E-state index is 12.7. The number of anilines is 1. The maximum Gasteiger partial charge on any atom is 0.338 e. The van der Waals surface area contributed by atoms with Gasteiger partial charge in [-0.15, -0.1) is 0 Å². The van der Waals surface area contributed by atoms with Crippen LogP contribution in [0.3, 0.4) is 0 Å². The molecule has 2 N–H and O–H groups in total. The molecular formula is C24H19Cl2N3O6S. The van der Waals surface area contributed by atoms with Crippen LogP contribution in [0.2, 0.25) is 10.0 Å². The first-order chi connectivity index (χ1) is 17.2. The monoisotopic (exact) mass is 547 g/mol. The molecule has 0 fully saturated rings. The molecule has 2 aromatic carbocycles. The number of aromatic amines is 1. The van der Waals surface area contributed by atoms with E-state index >= 15 is 0 Å². The van der Waals surface area contributed by atoms with E-state index in [1.165, 1.54) is 20.3 Å². The lowest BCUT2D eigenvalue weighted by atomic mass is 10.1. The number of aromatic nitrogens is 2. The quantitative estimate of drug-likeness (QED) is 0.287. The van der Waals surface area contributed by atoms with Crippen molar-refractivity contribution in [3.05, 3.63) is 74.5 Å². The smallest absolute Gasteiger partial charge is 0.338 e. The zero-order valence-corrected chi connectivity index (χ0v) is 21.6. The zero-order valence-electron chi connectivity index (χ0n) is 19.2. The summed E-state index contributed by atoms with van der Waals surface area (Å²) in [6.07, 6.45) is 0.